The number of halogens is 2. The van der Waals surface area contributed by atoms with Crippen LogP contribution >= 0.6 is 0 Å². The van der Waals surface area contributed by atoms with Crippen molar-refractivity contribution in [3.8, 4) is 0 Å². The minimum absolute atomic E-state index is 0.178. The quantitative estimate of drug-likeness (QED) is 0.772. The van der Waals surface area contributed by atoms with E-state index in [-0.39, 0.29) is 10.9 Å². The van der Waals surface area contributed by atoms with Crippen LogP contribution in [-0.2, 0) is 0 Å². The third kappa shape index (κ3) is 1.54. The molecule has 0 bridgehead atoms. The Kier molecular flexibility index (Phi) is 2.19. The van der Waals surface area contributed by atoms with E-state index >= 15 is 0 Å². The Morgan fingerprint density at radius 1 is 1.25 bits per heavy atom. The van der Waals surface area contributed by atoms with Crippen molar-refractivity contribution in [2.45, 2.75) is 0 Å². The first kappa shape index (κ1) is 10.3. The van der Waals surface area contributed by atoms with E-state index in [9.17, 15) is 18.4 Å². The van der Waals surface area contributed by atoms with E-state index < -0.39 is 28.7 Å². The highest BCUT2D eigenvalue weighted by Crippen LogP contribution is 2.20. The maximum atomic E-state index is 13.4. The molecule has 2 N–H and O–H groups in total. The zero-order chi connectivity index (χ0) is 11.9. The van der Waals surface area contributed by atoms with Gasteiger partial charge in [0.1, 0.15) is 11.6 Å². The lowest BCUT2D eigenvalue weighted by Gasteiger charge is -2.03. The maximum absolute atomic E-state index is 13.4. The van der Waals surface area contributed by atoms with Crippen molar-refractivity contribution in [2.24, 2.45) is 0 Å². The van der Waals surface area contributed by atoms with Crippen LogP contribution in [0.1, 0.15) is 10.4 Å². The van der Waals surface area contributed by atoms with Gasteiger partial charge >= 0.3 is 5.97 Å². The molecule has 4 nitrogen and oxygen atoms in total. The molecule has 0 amide bonds. The Bertz CT molecular complexity index is 648. The predicted molar refractivity (Wildman–Crippen MR) is 51.4 cm³/mol. The number of benzene rings is 1. The molecular weight excluding hydrogens is 220 g/mol. The molecule has 6 heteroatoms. The normalized spacial score (nSPS) is 10.6. The van der Waals surface area contributed by atoms with E-state index in [1.54, 1.807) is 0 Å². The fourth-order valence-corrected chi connectivity index (χ4v) is 1.49. The van der Waals surface area contributed by atoms with E-state index in [1.165, 1.54) is 0 Å². The fraction of sp³-hybridized carbons (Fsp3) is 0. The van der Waals surface area contributed by atoms with E-state index in [0.717, 1.165) is 12.1 Å². The average molecular weight is 225 g/mol. The molecule has 0 unspecified atom stereocenters. The highest BCUT2D eigenvalue weighted by atomic mass is 19.1. The lowest BCUT2D eigenvalue weighted by atomic mass is 10.1. The summed E-state index contributed by atoms with van der Waals surface area (Å²) in [6.07, 6.45) is 0. The van der Waals surface area contributed by atoms with Crippen LogP contribution in [0.25, 0.3) is 10.9 Å². The molecule has 82 valence electrons. The number of aromatic amines is 1. The van der Waals surface area contributed by atoms with Crippen LogP contribution in [0, 0.1) is 11.6 Å². The summed E-state index contributed by atoms with van der Waals surface area (Å²) in [4.78, 5) is 24.0. The topological polar surface area (TPSA) is 70.2 Å². The summed E-state index contributed by atoms with van der Waals surface area (Å²) in [7, 11) is 0. The second-order valence-electron chi connectivity index (χ2n) is 3.16. The van der Waals surface area contributed by atoms with Crippen molar-refractivity contribution in [1.82, 2.24) is 4.98 Å². The standard InChI is InChI=1S/C10H5F2NO3/c11-4-1-6(12)9-5(10(15)16)3-8(14)13-7(9)2-4/h1-3H,(H,13,14)(H,15,16). The molecule has 0 aliphatic rings. The molecule has 2 aromatic rings. The molecule has 1 heterocycles. The van der Waals surface area contributed by atoms with Gasteiger partial charge in [-0.15, -0.1) is 0 Å². The summed E-state index contributed by atoms with van der Waals surface area (Å²) in [5.74, 6) is -3.35. The molecule has 1 aromatic carbocycles. The summed E-state index contributed by atoms with van der Waals surface area (Å²) in [6.45, 7) is 0. The molecule has 0 aliphatic heterocycles. The highest BCUT2D eigenvalue weighted by molar-refractivity contribution is 6.02. The first-order valence-corrected chi connectivity index (χ1v) is 4.24. The number of rotatable bonds is 1. The minimum Gasteiger partial charge on any atom is -0.478 e. The average Bonchev–Trinajstić information content (AvgIpc) is 2.14. The van der Waals surface area contributed by atoms with Gasteiger partial charge in [0.15, 0.2) is 0 Å². The monoisotopic (exact) mass is 225 g/mol. The summed E-state index contributed by atoms with van der Waals surface area (Å²) in [5.41, 5.74) is -1.39. The number of aromatic carboxylic acids is 1. The third-order valence-electron chi connectivity index (χ3n) is 2.09. The minimum atomic E-state index is -1.44. The van der Waals surface area contributed by atoms with Gasteiger partial charge in [-0.05, 0) is 6.07 Å². The van der Waals surface area contributed by atoms with Crippen LogP contribution in [-0.4, -0.2) is 16.1 Å². The molecule has 16 heavy (non-hydrogen) atoms. The Morgan fingerprint density at radius 3 is 2.56 bits per heavy atom. The van der Waals surface area contributed by atoms with Gasteiger partial charge in [-0.1, -0.05) is 0 Å². The Balaban J connectivity index is 3.01. The Hall–Kier alpha value is -2.24. The largest absolute Gasteiger partial charge is 0.478 e. The third-order valence-corrected chi connectivity index (χ3v) is 2.09. The first-order valence-electron chi connectivity index (χ1n) is 4.24. The van der Waals surface area contributed by atoms with Gasteiger partial charge in [0.2, 0.25) is 5.56 Å². The number of carboxylic acid groups (broad SMARTS) is 1. The van der Waals surface area contributed by atoms with Crippen LogP contribution < -0.4 is 5.56 Å². The number of hydrogen-bond donors (Lipinski definition) is 2. The van der Waals surface area contributed by atoms with Crippen LogP contribution in [0.15, 0.2) is 23.0 Å². The van der Waals surface area contributed by atoms with Crippen LogP contribution in [0.3, 0.4) is 0 Å². The van der Waals surface area contributed by atoms with Gasteiger partial charge in [-0.3, -0.25) is 4.79 Å². The lowest BCUT2D eigenvalue weighted by Crippen LogP contribution is -2.11. The van der Waals surface area contributed by atoms with Crippen molar-refractivity contribution < 1.29 is 18.7 Å². The van der Waals surface area contributed by atoms with Crippen molar-refractivity contribution in [1.29, 1.82) is 0 Å². The number of fused-ring (bicyclic) bond motifs is 1. The molecule has 0 aliphatic carbocycles. The van der Waals surface area contributed by atoms with Gasteiger partial charge < -0.3 is 10.1 Å². The first-order chi connectivity index (χ1) is 7.49. The molecule has 0 fully saturated rings. The maximum Gasteiger partial charge on any atom is 0.336 e. The zero-order valence-corrected chi connectivity index (χ0v) is 7.75. The number of pyridine rings is 1. The molecule has 0 saturated carbocycles. The Morgan fingerprint density at radius 2 is 1.94 bits per heavy atom. The smallest absolute Gasteiger partial charge is 0.336 e. The number of aromatic nitrogens is 1. The number of carbonyl (C=O) groups is 1. The van der Waals surface area contributed by atoms with E-state index in [0.29, 0.717) is 6.07 Å². The van der Waals surface area contributed by atoms with Crippen LogP contribution in [0.5, 0.6) is 0 Å². The van der Waals surface area contributed by atoms with Crippen molar-refractivity contribution in [3.63, 3.8) is 0 Å². The van der Waals surface area contributed by atoms with Gasteiger partial charge in [0.25, 0.3) is 0 Å². The fourth-order valence-electron chi connectivity index (χ4n) is 1.49. The molecule has 1 aromatic heterocycles. The van der Waals surface area contributed by atoms with Gasteiger partial charge in [0.05, 0.1) is 11.1 Å². The summed E-state index contributed by atoms with van der Waals surface area (Å²) < 4.78 is 26.2. The van der Waals surface area contributed by atoms with E-state index in [4.69, 9.17) is 5.11 Å². The zero-order valence-electron chi connectivity index (χ0n) is 7.75. The lowest BCUT2D eigenvalue weighted by molar-refractivity contribution is 0.0698. The molecule has 0 radical (unpaired) electrons. The van der Waals surface area contributed by atoms with Crippen molar-refractivity contribution in [3.05, 3.63) is 45.8 Å². The van der Waals surface area contributed by atoms with E-state index in [2.05, 4.69) is 4.98 Å². The van der Waals surface area contributed by atoms with Crippen molar-refractivity contribution >= 4 is 16.9 Å². The summed E-state index contributed by atoms with van der Waals surface area (Å²) in [6, 6.07) is 2.19. The number of H-pyrrole nitrogens is 1. The van der Waals surface area contributed by atoms with Gasteiger partial charge in [-0.25, -0.2) is 13.6 Å². The van der Waals surface area contributed by atoms with Crippen LogP contribution in [0.4, 0.5) is 8.78 Å². The number of carboxylic acids is 1. The molecule has 0 atom stereocenters. The molecule has 0 saturated heterocycles. The second kappa shape index (κ2) is 3.41. The molecule has 0 spiro atoms. The number of nitrogens with one attached hydrogen (secondary N) is 1. The highest BCUT2D eigenvalue weighted by Gasteiger charge is 2.15. The SMILES string of the molecule is O=C(O)c1cc(=O)[nH]c2cc(F)cc(F)c12. The summed E-state index contributed by atoms with van der Waals surface area (Å²) in [5, 5.41) is 8.48. The predicted octanol–water partition coefficient (Wildman–Crippen LogP) is 1.50. The summed E-state index contributed by atoms with van der Waals surface area (Å²) >= 11 is 0. The number of hydrogen-bond acceptors (Lipinski definition) is 2. The van der Waals surface area contributed by atoms with Gasteiger partial charge in [-0.2, -0.15) is 0 Å². The van der Waals surface area contributed by atoms with E-state index in [1.807, 2.05) is 0 Å². The molecular formula is C10H5F2NO3. The van der Waals surface area contributed by atoms with Gasteiger partial charge in [0, 0.05) is 17.5 Å². The Labute approximate surface area is 87.1 Å². The second-order valence-corrected chi connectivity index (χ2v) is 3.16. The van der Waals surface area contributed by atoms with Crippen LogP contribution in [0.2, 0.25) is 0 Å². The van der Waals surface area contributed by atoms with Crippen molar-refractivity contribution in [2.75, 3.05) is 0 Å². The molecule has 2 rings (SSSR count).